The second-order valence-electron chi connectivity index (χ2n) is 4.49. The number of hydrogen-bond acceptors (Lipinski definition) is 2. The normalized spacial score (nSPS) is 14.1. The Hall–Kier alpha value is -1.10. The van der Waals surface area contributed by atoms with Crippen molar-refractivity contribution in [1.29, 1.82) is 0 Å². The summed E-state index contributed by atoms with van der Waals surface area (Å²) in [5, 5.41) is 0.319. The molecule has 0 amide bonds. The molecule has 0 aromatic heterocycles. The van der Waals surface area contributed by atoms with Gasteiger partial charge in [-0.1, -0.05) is 29.8 Å². The molecule has 20 heavy (non-hydrogen) atoms. The van der Waals surface area contributed by atoms with E-state index in [1.807, 2.05) is 25.1 Å². The van der Waals surface area contributed by atoms with Gasteiger partial charge in [0.15, 0.2) is 0 Å². The molecule has 0 saturated heterocycles. The van der Waals surface area contributed by atoms with Crippen molar-refractivity contribution in [2.24, 2.45) is 5.73 Å². The standard InChI is InChI=1S/C15H14ClF2NS/c1-9(19)15(11-4-2-3-5-12(11)16)20-14-8-10(17)6-7-13(14)18/h2-9,15H,19H2,1H3. The van der Waals surface area contributed by atoms with Crippen LogP contribution in [0.4, 0.5) is 8.78 Å². The first-order chi connectivity index (χ1) is 9.49. The van der Waals surface area contributed by atoms with Crippen molar-refractivity contribution in [2.75, 3.05) is 0 Å². The maximum atomic E-state index is 13.7. The summed E-state index contributed by atoms with van der Waals surface area (Å²) in [6.07, 6.45) is 0. The minimum atomic E-state index is -0.475. The summed E-state index contributed by atoms with van der Waals surface area (Å²) < 4.78 is 27.0. The molecule has 0 spiro atoms. The highest BCUT2D eigenvalue weighted by molar-refractivity contribution is 7.99. The van der Waals surface area contributed by atoms with Crippen molar-refractivity contribution >= 4 is 23.4 Å². The molecule has 2 atom stereocenters. The van der Waals surface area contributed by atoms with E-state index < -0.39 is 11.6 Å². The van der Waals surface area contributed by atoms with Crippen LogP contribution in [0.2, 0.25) is 5.02 Å². The monoisotopic (exact) mass is 313 g/mol. The molecule has 2 N–H and O–H groups in total. The molecule has 0 aliphatic heterocycles. The molecule has 2 unspecified atom stereocenters. The number of rotatable bonds is 4. The van der Waals surface area contributed by atoms with Gasteiger partial charge < -0.3 is 5.73 Å². The molecule has 0 fully saturated rings. The minimum Gasteiger partial charge on any atom is -0.327 e. The Kier molecular flexibility index (Phi) is 5.02. The molecule has 5 heteroatoms. The molecule has 2 rings (SSSR count). The van der Waals surface area contributed by atoms with Gasteiger partial charge in [-0.05, 0) is 36.8 Å². The number of halogens is 3. The minimum absolute atomic E-state index is 0.229. The van der Waals surface area contributed by atoms with Crippen LogP contribution >= 0.6 is 23.4 Å². The third kappa shape index (κ3) is 3.51. The Bertz CT molecular complexity index is 604. The number of benzene rings is 2. The van der Waals surface area contributed by atoms with Crippen LogP contribution in [0.5, 0.6) is 0 Å². The Labute approximate surface area is 126 Å². The molecule has 0 bridgehead atoms. The molecule has 106 valence electrons. The number of nitrogens with two attached hydrogens (primary N) is 1. The van der Waals surface area contributed by atoms with Crippen LogP contribution in [0.15, 0.2) is 47.4 Å². The van der Waals surface area contributed by atoms with Crippen LogP contribution in [-0.2, 0) is 0 Å². The van der Waals surface area contributed by atoms with Crippen LogP contribution in [0.3, 0.4) is 0 Å². The lowest BCUT2D eigenvalue weighted by Crippen LogP contribution is -2.23. The van der Waals surface area contributed by atoms with Crippen molar-refractivity contribution in [1.82, 2.24) is 0 Å². The largest absolute Gasteiger partial charge is 0.327 e. The first kappa shape index (κ1) is 15.3. The topological polar surface area (TPSA) is 26.0 Å². The van der Waals surface area contributed by atoms with E-state index in [0.717, 1.165) is 17.7 Å². The summed E-state index contributed by atoms with van der Waals surface area (Å²) in [6, 6.07) is 10.4. The van der Waals surface area contributed by atoms with E-state index in [4.69, 9.17) is 17.3 Å². The van der Waals surface area contributed by atoms with E-state index in [9.17, 15) is 8.78 Å². The summed E-state index contributed by atoms with van der Waals surface area (Å²) in [4.78, 5) is 0.229. The SMILES string of the molecule is CC(N)C(Sc1cc(F)ccc1F)c1ccccc1Cl. The molecule has 0 aliphatic carbocycles. The highest BCUT2D eigenvalue weighted by Crippen LogP contribution is 2.41. The fourth-order valence-corrected chi connectivity index (χ4v) is 3.36. The lowest BCUT2D eigenvalue weighted by molar-refractivity contribution is 0.576. The average molecular weight is 314 g/mol. The molecule has 2 aromatic carbocycles. The third-order valence-corrected chi connectivity index (χ3v) is 4.68. The summed E-state index contributed by atoms with van der Waals surface area (Å²) in [7, 11) is 0. The van der Waals surface area contributed by atoms with E-state index >= 15 is 0 Å². The van der Waals surface area contributed by atoms with E-state index in [1.165, 1.54) is 17.8 Å². The zero-order chi connectivity index (χ0) is 14.7. The van der Waals surface area contributed by atoms with Crippen molar-refractivity contribution < 1.29 is 8.78 Å². The number of hydrogen-bond donors (Lipinski definition) is 1. The van der Waals surface area contributed by atoms with Gasteiger partial charge in [0.25, 0.3) is 0 Å². The smallest absolute Gasteiger partial charge is 0.136 e. The van der Waals surface area contributed by atoms with Gasteiger partial charge in [-0.2, -0.15) is 0 Å². The zero-order valence-corrected chi connectivity index (χ0v) is 12.4. The lowest BCUT2D eigenvalue weighted by Gasteiger charge is -2.22. The maximum absolute atomic E-state index is 13.7. The molecule has 2 aromatic rings. The van der Waals surface area contributed by atoms with Crippen LogP contribution in [0, 0.1) is 11.6 Å². The fourth-order valence-electron chi connectivity index (χ4n) is 1.86. The third-order valence-electron chi connectivity index (χ3n) is 2.84. The molecule has 1 nitrogen and oxygen atoms in total. The van der Waals surface area contributed by atoms with Crippen LogP contribution in [0.25, 0.3) is 0 Å². The predicted octanol–water partition coefficient (Wildman–Crippen LogP) is 4.80. The van der Waals surface area contributed by atoms with E-state index in [-0.39, 0.29) is 16.2 Å². The van der Waals surface area contributed by atoms with Gasteiger partial charge in [0, 0.05) is 16.0 Å². The molecule has 0 radical (unpaired) electrons. The molecule has 0 aliphatic rings. The summed E-state index contributed by atoms with van der Waals surface area (Å²) in [6.45, 7) is 1.82. The quantitative estimate of drug-likeness (QED) is 0.821. The van der Waals surface area contributed by atoms with Gasteiger partial charge in [0.05, 0.1) is 5.25 Å². The van der Waals surface area contributed by atoms with Gasteiger partial charge in [0.1, 0.15) is 11.6 Å². The fraction of sp³-hybridized carbons (Fsp3) is 0.200. The van der Waals surface area contributed by atoms with Gasteiger partial charge >= 0.3 is 0 Å². The first-order valence-electron chi connectivity index (χ1n) is 6.10. The molecule has 0 saturated carbocycles. The average Bonchev–Trinajstić information content (AvgIpc) is 2.40. The van der Waals surface area contributed by atoms with Gasteiger partial charge in [0.2, 0.25) is 0 Å². The van der Waals surface area contributed by atoms with Crippen LogP contribution < -0.4 is 5.73 Å². The maximum Gasteiger partial charge on any atom is 0.136 e. The lowest BCUT2D eigenvalue weighted by atomic mass is 10.1. The molecule has 0 heterocycles. The Morgan fingerprint density at radius 3 is 2.50 bits per heavy atom. The summed E-state index contributed by atoms with van der Waals surface area (Å²) in [5.74, 6) is -0.939. The van der Waals surface area contributed by atoms with E-state index in [2.05, 4.69) is 0 Å². The van der Waals surface area contributed by atoms with Crippen LogP contribution in [-0.4, -0.2) is 6.04 Å². The van der Waals surface area contributed by atoms with Crippen molar-refractivity contribution in [3.63, 3.8) is 0 Å². The summed E-state index contributed by atoms with van der Waals surface area (Å²) >= 11 is 7.34. The second kappa shape index (κ2) is 6.57. The van der Waals surface area contributed by atoms with E-state index in [0.29, 0.717) is 5.02 Å². The van der Waals surface area contributed by atoms with Crippen molar-refractivity contribution in [3.8, 4) is 0 Å². The predicted molar refractivity (Wildman–Crippen MR) is 80.1 cm³/mol. The number of thioether (sulfide) groups is 1. The second-order valence-corrected chi connectivity index (χ2v) is 6.08. The molecular weight excluding hydrogens is 300 g/mol. The first-order valence-corrected chi connectivity index (χ1v) is 7.36. The molecular formula is C15H14ClF2NS. The van der Waals surface area contributed by atoms with Crippen molar-refractivity contribution in [3.05, 3.63) is 64.7 Å². The highest BCUT2D eigenvalue weighted by atomic mass is 35.5. The zero-order valence-electron chi connectivity index (χ0n) is 10.8. The van der Waals surface area contributed by atoms with E-state index in [1.54, 1.807) is 6.07 Å². The van der Waals surface area contributed by atoms with Gasteiger partial charge in [-0.15, -0.1) is 11.8 Å². The van der Waals surface area contributed by atoms with Crippen LogP contribution in [0.1, 0.15) is 17.7 Å². The van der Waals surface area contributed by atoms with Gasteiger partial charge in [-0.25, -0.2) is 8.78 Å². The highest BCUT2D eigenvalue weighted by Gasteiger charge is 2.21. The summed E-state index contributed by atoms with van der Waals surface area (Å²) in [5.41, 5.74) is 6.80. The Morgan fingerprint density at radius 1 is 1.15 bits per heavy atom. The Morgan fingerprint density at radius 2 is 1.85 bits per heavy atom. The van der Waals surface area contributed by atoms with Gasteiger partial charge in [-0.3, -0.25) is 0 Å². The Balaban J connectivity index is 2.36. The van der Waals surface area contributed by atoms with Crippen molar-refractivity contribution in [2.45, 2.75) is 23.1 Å².